The first-order chi connectivity index (χ1) is 9.69. The molecule has 0 heterocycles. The molecule has 2 rings (SSSR count). The van der Waals surface area contributed by atoms with Crippen molar-refractivity contribution in [3.05, 3.63) is 63.9 Å². The van der Waals surface area contributed by atoms with Gasteiger partial charge in [0.05, 0.1) is 0 Å². The molecular weight excluding hydrogens is 321 g/mol. The third-order valence-corrected chi connectivity index (χ3v) is 3.35. The van der Waals surface area contributed by atoms with Crippen LogP contribution >= 0.6 is 15.9 Å². The first-order valence-corrected chi connectivity index (χ1v) is 7.34. The fourth-order valence-electron chi connectivity index (χ4n) is 1.85. The third-order valence-electron chi connectivity index (χ3n) is 2.86. The van der Waals surface area contributed by atoms with Crippen LogP contribution in [0.1, 0.15) is 18.1 Å². The smallest absolute Gasteiger partial charge is 0.165 e. The molecule has 0 atom stereocenters. The van der Waals surface area contributed by atoms with E-state index >= 15 is 0 Å². The summed E-state index contributed by atoms with van der Waals surface area (Å²) in [6.07, 6.45) is 0. The molecule has 0 aliphatic rings. The minimum Gasteiger partial charge on any atom is -0.486 e. The molecule has 0 spiro atoms. The topological polar surface area (TPSA) is 21.3 Å². The van der Waals surface area contributed by atoms with E-state index in [-0.39, 0.29) is 11.6 Å². The Kier molecular flexibility index (Phi) is 5.56. The minimum atomic E-state index is -0.350. The zero-order valence-electron chi connectivity index (χ0n) is 11.3. The van der Waals surface area contributed by atoms with Crippen LogP contribution in [-0.4, -0.2) is 6.54 Å². The fourth-order valence-corrected chi connectivity index (χ4v) is 2.19. The summed E-state index contributed by atoms with van der Waals surface area (Å²) in [5.74, 6) is -0.0894. The lowest BCUT2D eigenvalue weighted by molar-refractivity contribution is 0.290. The summed E-state index contributed by atoms with van der Waals surface area (Å²) in [6, 6.07) is 12.8. The second-order valence-corrected chi connectivity index (χ2v) is 5.38. The SMILES string of the molecule is CCNCc1cccc(COc2cc(Br)ccc2F)c1. The lowest BCUT2D eigenvalue weighted by atomic mass is 10.1. The lowest BCUT2D eigenvalue weighted by Gasteiger charge is -2.09. The highest BCUT2D eigenvalue weighted by Crippen LogP contribution is 2.23. The van der Waals surface area contributed by atoms with E-state index in [2.05, 4.69) is 40.3 Å². The number of benzene rings is 2. The molecule has 2 nitrogen and oxygen atoms in total. The Morgan fingerprint density at radius 1 is 1.15 bits per heavy atom. The maximum Gasteiger partial charge on any atom is 0.165 e. The van der Waals surface area contributed by atoms with Crippen LogP contribution in [0, 0.1) is 5.82 Å². The molecule has 106 valence electrons. The molecule has 0 radical (unpaired) electrons. The van der Waals surface area contributed by atoms with Gasteiger partial charge in [-0.05, 0) is 35.9 Å². The van der Waals surface area contributed by atoms with E-state index in [0.29, 0.717) is 6.61 Å². The van der Waals surface area contributed by atoms with Crippen molar-refractivity contribution in [2.24, 2.45) is 0 Å². The summed E-state index contributed by atoms with van der Waals surface area (Å²) in [7, 11) is 0. The van der Waals surface area contributed by atoms with Gasteiger partial charge < -0.3 is 10.1 Å². The van der Waals surface area contributed by atoms with E-state index in [1.807, 2.05) is 12.1 Å². The molecule has 1 N–H and O–H groups in total. The molecule has 0 amide bonds. The summed E-state index contributed by atoms with van der Waals surface area (Å²) in [6.45, 7) is 4.19. The predicted octanol–water partition coefficient (Wildman–Crippen LogP) is 4.28. The molecule has 4 heteroatoms. The van der Waals surface area contributed by atoms with Crippen LogP contribution in [0.3, 0.4) is 0 Å². The molecule has 0 aromatic heterocycles. The number of hydrogen-bond donors (Lipinski definition) is 1. The van der Waals surface area contributed by atoms with Gasteiger partial charge in [0.25, 0.3) is 0 Å². The van der Waals surface area contributed by atoms with E-state index in [1.165, 1.54) is 11.6 Å². The van der Waals surface area contributed by atoms with E-state index in [9.17, 15) is 4.39 Å². The number of hydrogen-bond acceptors (Lipinski definition) is 2. The summed E-state index contributed by atoms with van der Waals surface area (Å²) in [5, 5.41) is 3.28. The van der Waals surface area contributed by atoms with Gasteiger partial charge in [-0.3, -0.25) is 0 Å². The van der Waals surface area contributed by atoms with E-state index in [1.54, 1.807) is 12.1 Å². The van der Waals surface area contributed by atoms with Crippen LogP contribution in [0.2, 0.25) is 0 Å². The van der Waals surface area contributed by atoms with Gasteiger partial charge in [0.1, 0.15) is 6.61 Å². The van der Waals surface area contributed by atoms with Crippen molar-refractivity contribution in [3.63, 3.8) is 0 Å². The summed E-state index contributed by atoms with van der Waals surface area (Å²) in [5.41, 5.74) is 2.22. The highest BCUT2D eigenvalue weighted by molar-refractivity contribution is 9.10. The zero-order chi connectivity index (χ0) is 14.4. The Hall–Kier alpha value is -1.39. The van der Waals surface area contributed by atoms with E-state index in [0.717, 1.165) is 23.1 Å². The van der Waals surface area contributed by atoms with Crippen LogP contribution in [-0.2, 0) is 13.2 Å². The van der Waals surface area contributed by atoms with Crippen molar-refractivity contribution < 1.29 is 9.13 Å². The summed E-state index contributed by atoms with van der Waals surface area (Å²) < 4.78 is 19.9. The van der Waals surface area contributed by atoms with Gasteiger partial charge in [0, 0.05) is 11.0 Å². The van der Waals surface area contributed by atoms with Crippen LogP contribution in [0.25, 0.3) is 0 Å². The number of halogens is 2. The maximum absolute atomic E-state index is 13.6. The lowest BCUT2D eigenvalue weighted by Crippen LogP contribution is -2.11. The molecule has 0 fully saturated rings. The van der Waals surface area contributed by atoms with E-state index in [4.69, 9.17) is 4.74 Å². The van der Waals surface area contributed by atoms with Crippen molar-refractivity contribution in [2.75, 3.05) is 6.54 Å². The molecule has 0 saturated carbocycles. The number of ether oxygens (including phenoxy) is 1. The summed E-state index contributed by atoms with van der Waals surface area (Å²) in [4.78, 5) is 0. The largest absolute Gasteiger partial charge is 0.486 e. The standard InChI is InChI=1S/C16H17BrFNO/c1-2-19-10-12-4-3-5-13(8-12)11-20-16-9-14(17)6-7-15(16)18/h3-9,19H,2,10-11H2,1H3. The van der Waals surface area contributed by atoms with Crippen LogP contribution < -0.4 is 10.1 Å². The normalized spacial score (nSPS) is 10.6. The van der Waals surface area contributed by atoms with Gasteiger partial charge in [-0.15, -0.1) is 0 Å². The predicted molar refractivity (Wildman–Crippen MR) is 82.3 cm³/mol. The summed E-state index contributed by atoms with van der Waals surface area (Å²) >= 11 is 3.31. The number of nitrogens with one attached hydrogen (secondary N) is 1. The van der Waals surface area contributed by atoms with Crippen molar-refractivity contribution in [1.29, 1.82) is 0 Å². The molecule has 2 aromatic carbocycles. The molecule has 0 unspecified atom stereocenters. The third kappa shape index (κ3) is 4.32. The first kappa shape index (κ1) is 15.0. The fraction of sp³-hybridized carbons (Fsp3) is 0.250. The van der Waals surface area contributed by atoms with Gasteiger partial charge in [-0.1, -0.05) is 47.1 Å². The molecule has 0 aliphatic carbocycles. The van der Waals surface area contributed by atoms with Crippen molar-refractivity contribution in [3.8, 4) is 5.75 Å². The van der Waals surface area contributed by atoms with Crippen LogP contribution in [0.4, 0.5) is 4.39 Å². The van der Waals surface area contributed by atoms with Gasteiger partial charge in [-0.25, -0.2) is 4.39 Å². The zero-order valence-corrected chi connectivity index (χ0v) is 12.9. The first-order valence-electron chi connectivity index (χ1n) is 6.55. The Balaban J connectivity index is 2.01. The molecule has 0 aliphatic heterocycles. The second-order valence-electron chi connectivity index (χ2n) is 4.46. The monoisotopic (exact) mass is 337 g/mol. The van der Waals surface area contributed by atoms with Crippen molar-refractivity contribution >= 4 is 15.9 Å². The average Bonchev–Trinajstić information content (AvgIpc) is 2.46. The Bertz CT molecular complexity index is 574. The van der Waals surface area contributed by atoms with E-state index < -0.39 is 0 Å². The Labute approximate surface area is 127 Å². The van der Waals surface area contributed by atoms with Gasteiger partial charge in [-0.2, -0.15) is 0 Å². The van der Waals surface area contributed by atoms with Gasteiger partial charge in [0.15, 0.2) is 11.6 Å². The molecular formula is C16H17BrFNO. The minimum absolute atomic E-state index is 0.261. The number of rotatable bonds is 6. The maximum atomic E-state index is 13.6. The molecule has 0 bridgehead atoms. The Morgan fingerprint density at radius 2 is 1.95 bits per heavy atom. The molecule has 0 saturated heterocycles. The van der Waals surface area contributed by atoms with Gasteiger partial charge >= 0.3 is 0 Å². The van der Waals surface area contributed by atoms with Crippen LogP contribution in [0.15, 0.2) is 46.9 Å². The molecule has 20 heavy (non-hydrogen) atoms. The Morgan fingerprint density at radius 3 is 2.75 bits per heavy atom. The average molecular weight is 338 g/mol. The van der Waals surface area contributed by atoms with Gasteiger partial charge in [0.2, 0.25) is 0 Å². The molecule has 2 aromatic rings. The highest BCUT2D eigenvalue weighted by Gasteiger charge is 2.04. The van der Waals surface area contributed by atoms with Crippen molar-refractivity contribution in [2.45, 2.75) is 20.1 Å². The highest BCUT2D eigenvalue weighted by atomic mass is 79.9. The second kappa shape index (κ2) is 7.41. The quantitative estimate of drug-likeness (QED) is 0.849. The van der Waals surface area contributed by atoms with Crippen LogP contribution in [0.5, 0.6) is 5.75 Å². The van der Waals surface area contributed by atoms with Crippen molar-refractivity contribution in [1.82, 2.24) is 5.32 Å².